The number of aliphatic carboxylic acids is 1. The molecule has 1 atom stereocenters. The van der Waals surface area contributed by atoms with E-state index in [1.165, 1.54) is 32.5 Å². The van der Waals surface area contributed by atoms with E-state index in [-0.39, 0.29) is 18.7 Å². The summed E-state index contributed by atoms with van der Waals surface area (Å²) >= 11 is 0. The third-order valence-corrected chi connectivity index (χ3v) is 4.97. The normalized spacial score (nSPS) is 15.4. The maximum Gasteiger partial charge on any atom is 0.323 e. The van der Waals surface area contributed by atoms with Crippen molar-refractivity contribution in [3.8, 4) is 16.9 Å². The highest BCUT2D eigenvalue weighted by Gasteiger charge is 2.39. The third-order valence-electron chi connectivity index (χ3n) is 4.97. The van der Waals surface area contributed by atoms with Crippen LogP contribution in [0, 0.1) is 5.82 Å². The smallest absolute Gasteiger partial charge is 0.323 e. The molecule has 0 saturated heterocycles. The van der Waals surface area contributed by atoms with Crippen molar-refractivity contribution < 1.29 is 33.4 Å². The van der Waals surface area contributed by atoms with Gasteiger partial charge in [-0.2, -0.15) is 0 Å². The number of likely N-dealkylation sites (N-methyl/N-ethyl adjacent to an activating group) is 1. The molecule has 1 heterocycles. The Bertz CT molecular complexity index is 1130. The summed E-state index contributed by atoms with van der Waals surface area (Å²) in [6.45, 7) is -0.247. The summed E-state index contributed by atoms with van der Waals surface area (Å²) in [6, 6.07) is 8.06. The van der Waals surface area contributed by atoms with Crippen molar-refractivity contribution >= 4 is 29.4 Å². The van der Waals surface area contributed by atoms with E-state index in [1.54, 1.807) is 24.3 Å². The highest BCUT2D eigenvalue weighted by atomic mass is 19.1. The number of rotatable bonds is 7. The molecule has 1 aliphatic heterocycles. The van der Waals surface area contributed by atoms with Gasteiger partial charge in [-0.15, -0.1) is 0 Å². The maximum atomic E-state index is 14.7. The number of hydrogen-bond acceptors (Lipinski definition) is 5. The minimum atomic E-state index is -1.58. The van der Waals surface area contributed by atoms with Gasteiger partial charge in [0.1, 0.15) is 11.6 Å². The van der Waals surface area contributed by atoms with Crippen molar-refractivity contribution in [1.29, 1.82) is 0 Å². The van der Waals surface area contributed by atoms with Crippen molar-refractivity contribution in [2.45, 2.75) is 12.5 Å². The Morgan fingerprint density at radius 2 is 1.94 bits per heavy atom. The summed E-state index contributed by atoms with van der Waals surface area (Å²) in [6.07, 6.45) is 2.05. The summed E-state index contributed by atoms with van der Waals surface area (Å²) in [5, 5.41) is 11.2. The molecule has 2 aromatic carbocycles. The molecule has 10 heteroatoms. The molecule has 0 bridgehead atoms. The molecule has 0 aromatic heterocycles. The maximum absolute atomic E-state index is 14.7. The first-order valence-corrected chi connectivity index (χ1v) is 9.94. The van der Waals surface area contributed by atoms with Crippen LogP contribution in [0.2, 0.25) is 0 Å². The topological polar surface area (TPSA) is 116 Å². The highest BCUT2D eigenvalue weighted by molar-refractivity contribution is 6.19. The summed E-state index contributed by atoms with van der Waals surface area (Å²) in [5.74, 6) is -2.67. The molecule has 0 radical (unpaired) electrons. The van der Waals surface area contributed by atoms with Gasteiger partial charge in [0.05, 0.1) is 19.2 Å². The minimum absolute atomic E-state index is 0.0453. The van der Waals surface area contributed by atoms with Crippen LogP contribution in [-0.2, 0) is 14.4 Å². The SMILES string of the molecule is COc1cccc(-c2cc(F)cc(N(C(=O)NCCC(=O)O)[C@H]3C(=O)C=CN(C)C3=O)c2)c1. The lowest BCUT2D eigenvalue weighted by Crippen LogP contribution is -2.57. The second-order valence-electron chi connectivity index (χ2n) is 7.25. The van der Waals surface area contributed by atoms with Gasteiger partial charge in [-0.3, -0.25) is 19.3 Å². The number of urea groups is 1. The standard InChI is InChI=1S/C23H22FN3O6/c1-26-9-7-19(28)21(22(26)31)27(23(32)25-8-6-20(29)30)17-11-15(10-16(24)13-17)14-4-3-5-18(12-14)33-2/h3-5,7,9-13,21H,6,8H2,1-2H3,(H,25,32)(H,29,30)/t21-/m0/s1. The van der Waals surface area contributed by atoms with Crippen LogP contribution >= 0.6 is 0 Å². The number of ether oxygens (including phenoxy) is 1. The van der Waals surface area contributed by atoms with Gasteiger partial charge in [0.25, 0.3) is 5.91 Å². The van der Waals surface area contributed by atoms with Gasteiger partial charge < -0.3 is 20.1 Å². The quantitative estimate of drug-likeness (QED) is 0.620. The zero-order valence-corrected chi connectivity index (χ0v) is 17.9. The van der Waals surface area contributed by atoms with Gasteiger partial charge in [-0.05, 0) is 41.5 Å². The number of amides is 3. The van der Waals surface area contributed by atoms with E-state index >= 15 is 0 Å². The molecule has 2 N–H and O–H groups in total. The van der Waals surface area contributed by atoms with Crippen LogP contribution in [0.25, 0.3) is 11.1 Å². The molecule has 172 valence electrons. The monoisotopic (exact) mass is 455 g/mol. The number of hydrogen-bond donors (Lipinski definition) is 2. The third kappa shape index (κ3) is 5.35. The summed E-state index contributed by atoms with van der Waals surface area (Å²) in [5.41, 5.74) is 0.919. The first-order valence-electron chi connectivity index (χ1n) is 9.94. The number of halogens is 1. The number of methoxy groups -OCH3 is 1. The van der Waals surface area contributed by atoms with Crippen molar-refractivity contribution in [3.63, 3.8) is 0 Å². The van der Waals surface area contributed by atoms with Gasteiger partial charge >= 0.3 is 12.0 Å². The zero-order valence-electron chi connectivity index (χ0n) is 17.9. The van der Waals surface area contributed by atoms with Crippen molar-refractivity contribution in [1.82, 2.24) is 10.2 Å². The number of carbonyl (C=O) groups excluding carboxylic acids is 3. The molecule has 2 aromatic rings. The molecule has 0 unspecified atom stereocenters. The van der Waals surface area contributed by atoms with Gasteiger partial charge in [-0.1, -0.05) is 12.1 Å². The predicted octanol–water partition coefficient (Wildman–Crippen LogP) is 2.42. The molecule has 0 fully saturated rings. The second kappa shape index (κ2) is 9.94. The summed E-state index contributed by atoms with van der Waals surface area (Å²) in [7, 11) is 2.91. The van der Waals surface area contributed by atoms with Crippen molar-refractivity contribution in [3.05, 3.63) is 60.6 Å². The zero-order chi connectivity index (χ0) is 24.1. The van der Waals surface area contributed by atoms with E-state index in [2.05, 4.69) is 5.32 Å². The molecule has 1 aliphatic rings. The lowest BCUT2D eigenvalue weighted by Gasteiger charge is -2.33. The lowest BCUT2D eigenvalue weighted by molar-refractivity contribution is -0.137. The second-order valence-corrected chi connectivity index (χ2v) is 7.25. The number of carboxylic acid groups (broad SMARTS) is 1. The van der Waals surface area contributed by atoms with E-state index in [0.717, 1.165) is 21.9 Å². The number of benzene rings is 2. The minimum Gasteiger partial charge on any atom is -0.497 e. The number of nitrogens with one attached hydrogen (secondary N) is 1. The van der Waals surface area contributed by atoms with Crippen molar-refractivity contribution in [2.24, 2.45) is 0 Å². The van der Waals surface area contributed by atoms with Crippen LogP contribution < -0.4 is 15.0 Å². The fourth-order valence-electron chi connectivity index (χ4n) is 3.33. The van der Waals surface area contributed by atoms with Crippen LogP contribution in [0.5, 0.6) is 5.75 Å². The van der Waals surface area contributed by atoms with Gasteiger partial charge in [0.15, 0.2) is 11.8 Å². The Balaban J connectivity index is 2.08. The number of nitrogens with zero attached hydrogens (tertiary/aromatic N) is 2. The van der Waals surface area contributed by atoms with Gasteiger partial charge in [0.2, 0.25) is 0 Å². The van der Waals surface area contributed by atoms with E-state index in [9.17, 15) is 23.6 Å². The molecule has 0 aliphatic carbocycles. The number of carbonyl (C=O) groups is 4. The Morgan fingerprint density at radius 1 is 1.18 bits per heavy atom. The lowest BCUT2D eigenvalue weighted by atomic mass is 10.0. The molecule has 0 spiro atoms. The predicted molar refractivity (Wildman–Crippen MR) is 117 cm³/mol. The van der Waals surface area contributed by atoms with E-state index in [4.69, 9.17) is 9.84 Å². The molecule has 3 amide bonds. The fraction of sp³-hybridized carbons (Fsp3) is 0.217. The molecular weight excluding hydrogens is 433 g/mol. The summed E-state index contributed by atoms with van der Waals surface area (Å²) in [4.78, 5) is 51.2. The first kappa shape index (κ1) is 23.5. The van der Waals surface area contributed by atoms with Crippen LogP contribution in [0.15, 0.2) is 54.7 Å². The Kier molecular flexibility index (Phi) is 7.07. The molecular formula is C23H22FN3O6. The largest absolute Gasteiger partial charge is 0.497 e. The molecule has 9 nitrogen and oxygen atoms in total. The Morgan fingerprint density at radius 3 is 2.64 bits per heavy atom. The fourth-order valence-corrected chi connectivity index (χ4v) is 3.33. The first-order chi connectivity index (χ1) is 15.7. The van der Waals surface area contributed by atoms with Crippen LogP contribution in [-0.4, -0.2) is 60.4 Å². The Labute approximate surface area is 189 Å². The number of ketones is 1. The van der Waals surface area contributed by atoms with Gasteiger partial charge in [0, 0.05) is 25.9 Å². The Hall–Kier alpha value is -4.21. The van der Waals surface area contributed by atoms with Gasteiger partial charge in [-0.25, -0.2) is 9.18 Å². The average Bonchev–Trinajstić information content (AvgIpc) is 2.78. The van der Waals surface area contributed by atoms with Crippen LogP contribution in [0.4, 0.5) is 14.9 Å². The molecule has 0 saturated carbocycles. The van der Waals surface area contributed by atoms with E-state index < -0.39 is 35.5 Å². The average molecular weight is 455 g/mol. The van der Waals surface area contributed by atoms with Crippen LogP contribution in [0.1, 0.15) is 6.42 Å². The molecule has 3 rings (SSSR count). The van der Waals surface area contributed by atoms with E-state index in [1.807, 2.05) is 0 Å². The summed E-state index contributed by atoms with van der Waals surface area (Å²) < 4.78 is 19.9. The highest BCUT2D eigenvalue weighted by Crippen LogP contribution is 2.30. The molecule has 33 heavy (non-hydrogen) atoms. The van der Waals surface area contributed by atoms with Crippen molar-refractivity contribution in [2.75, 3.05) is 25.6 Å². The van der Waals surface area contributed by atoms with E-state index in [0.29, 0.717) is 16.9 Å². The number of anilines is 1. The van der Waals surface area contributed by atoms with Crippen LogP contribution in [0.3, 0.4) is 0 Å². The number of carboxylic acids is 1.